The fourth-order valence-corrected chi connectivity index (χ4v) is 2.82. The normalized spacial score (nSPS) is 11.1. The Morgan fingerprint density at radius 2 is 1.77 bits per heavy atom. The number of amides is 3. The number of hydrogen-bond donors (Lipinski definition) is 3. The molecule has 0 radical (unpaired) electrons. The van der Waals surface area contributed by atoms with Crippen LogP contribution in [0, 0.1) is 0 Å². The number of rotatable bonds is 8. The number of hydrogen-bond acceptors (Lipinski definition) is 6. The van der Waals surface area contributed by atoms with Gasteiger partial charge in [-0.1, -0.05) is 11.6 Å². The number of imide groups is 1. The Bertz CT molecular complexity index is 749. The Labute approximate surface area is 156 Å². The first-order valence-electron chi connectivity index (χ1n) is 7.61. The fourth-order valence-electron chi connectivity index (χ4n) is 1.66. The molecule has 0 aromatic heterocycles. The molecule has 0 atom stereocenters. The van der Waals surface area contributed by atoms with E-state index in [0.29, 0.717) is 5.02 Å². The van der Waals surface area contributed by atoms with Crippen LogP contribution in [0.4, 0.5) is 4.79 Å². The number of ether oxygens (including phenoxy) is 1. The van der Waals surface area contributed by atoms with Crippen molar-refractivity contribution < 1.29 is 27.5 Å². The summed E-state index contributed by atoms with van der Waals surface area (Å²) >= 11 is 5.69. The van der Waals surface area contributed by atoms with Gasteiger partial charge in [0.15, 0.2) is 6.61 Å². The van der Waals surface area contributed by atoms with E-state index >= 15 is 0 Å². The molecule has 11 heteroatoms. The average molecular weight is 406 g/mol. The van der Waals surface area contributed by atoms with E-state index in [9.17, 15) is 22.8 Å². The van der Waals surface area contributed by atoms with Gasteiger partial charge in [0, 0.05) is 17.6 Å². The first-order valence-corrected chi connectivity index (χ1v) is 9.47. The van der Waals surface area contributed by atoms with E-state index in [1.807, 2.05) is 5.32 Å². The number of urea groups is 1. The van der Waals surface area contributed by atoms with E-state index in [0.717, 1.165) is 0 Å². The molecule has 0 aliphatic heterocycles. The Balaban J connectivity index is 2.33. The van der Waals surface area contributed by atoms with Crippen molar-refractivity contribution in [2.24, 2.45) is 0 Å². The monoisotopic (exact) mass is 405 g/mol. The molecule has 1 aromatic carbocycles. The quantitative estimate of drug-likeness (QED) is 0.548. The summed E-state index contributed by atoms with van der Waals surface area (Å²) in [5, 5.41) is 4.82. The highest BCUT2D eigenvalue weighted by molar-refractivity contribution is 7.89. The Morgan fingerprint density at radius 1 is 1.15 bits per heavy atom. The highest BCUT2D eigenvalue weighted by Crippen LogP contribution is 2.13. The van der Waals surface area contributed by atoms with E-state index in [1.54, 1.807) is 13.8 Å². The third-order valence-electron chi connectivity index (χ3n) is 2.78. The molecule has 1 aromatic rings. The van der Waals surface area contributed by atoms with Gasteiger partial charge in [-0.05, 0) is 38.1 Å². The van der Waals surface area contributed by atoms with Crippen LogP contribution in [0.3, 0.4) is 0 Å². The summed E-state index contributed by atoms with van der Waals surface area (Å²) in [5.41, 5.74) is 0. The van der Waals surface area contributed by atoms with Crippen LogP contribution in [-0.4, -0.2) is 45.5 Å². The van der Waals surface area contributed by atoms with Crippen LogP contribution < -0.4 is 15.4 Å². The second-order valence-corrected chi connectivity index (χ2v) is 7.64. The molecule has 9 nitrogen and oxygen atoms in total. The number of halogens is 1. The van der Waals surface area contributed by atoms with Crippen LogP contribution in [-0.2, 0) is 24.3 Å². The number of sulfonamides is 1. The molecular formula is C15H20ClN3O6S. The minimum absolute atomic E-state index is 0.00538. The van der Waals surface area contributed by atoms with E-state index in [4.69, 9.17) is 11.6 Å². The summed E-state index contributed by atoms with van der Waals surface area (Å²) in [4.78, 5) is 34.2. The average Bonchev–Trinajstić information content (AvgIpc) is 2.52. The zero-order chi connectivity index (χ0) is 19.7. The Morgan fingerprint density at radius 3 is 2.35 bits per heavy atom. The van der Waals surface area contributed by atoms with Crippen molar-refractivity contribution in [1.29, 1.82) is 0 Å². The lowest BCUT2D eigenvalue weighted by Gasteiger charge is -2.10. The lowest BCUT2D eigenvalue weighted by molar-refractivity contribution is -0.148. The summed E-state index contributed by atoms with van der Waals surface area (Å²) in [6, 6.07) is 4.66. The van der Waals surface area contributed by atoms with Crippen molar-refractivity contribution in [1.82, 2.24) is 15.4 Å². The molecule has 0 aliphatic carbocycles. The van der Waals surface area contributed by atoms with Gasteiger partial charge < -0.3 is 10.1 Å². The number of esters is 1. The van der Waals surface area contributed by atoms with Crippen LogP contribution in [0.5, 0.6) is 0 Å². The SMILES string of the molecule is CC(C)NC(=O)NC(=O)COC(=O)CCNS(=O)(=O)c1ccc(Cl)cc1. The molecular weight excluding hydrogens is 386 g/mol. The van der Waals surface area contributed by atoms with Crippen molar-refractivity contribution in [3.8, 4) is 0 Å². The summed E-state index contributed by atoms with van der Waals surface area (Å²) in [7, 11) is -3.78. The topological polar surface area (TPSA) is 131 Å². The van der Waals surface area contributed by atoms with Gasteiger partial charge >= 0.3 is 12.0 Å². The molecule has 0 unspecified atom stereocenters. The van der Waals surface area contributed by atoms with Crippen molar-refractivity contribution in [3.63, 3.8) is 0 Å². The maximum absolute atomic E-state index is 12.0. The van der Waals surface area contributed by atoms with Crippen molar-refractivity contribution in [3.05, 3.63) is 29.3 Å². The van der Waals surface area contributed by atoms with Gasteiger partial charge in [0.05, 0.1) is 11.3 Å². The number of benzene rings is 1. The minimum Gasteiger partial charge on any atom is -0.456 e. The number of carbonyl (C=O) groups excluding carboxylic acids is 3. The molecule has 1 rings (SSSR count). The molecule has 0 fully saturated rings. The molecule has 0 saturated heterocycles. The molecule has 0 heterocycles. The number of carbonyl (C=O) groups is 3. The van der Waals surface area contributed by atoms with E-state index in [2.05, 4.69) is 14.8 Å². The summed E-state index contributed by atoms with van der Waals surface area (Å²) < 4.78 is 30.9. The van der Waals surface area contributed by atoms with Crippen LogP contribution in [0.15, 0.2) is 29.2 Å². The standard InChI is InChI=1S/C15H20ClN3O6S/c1-10(2)18-15(22)19-13(20)9-25-14(21)7-8-17-26(23,24)12-5-3-11(16)4-6-12/h3-6,10,17H,7-9H2,1-2H3,(H2,18,19,20,22). The van der Waals surface area contributed by atoms with Crippen LogP contribution >= 0.6 is 11.6 Å². The van der Waals surface area contributed by atoms with E-state index < -0.39 is 34.5 Å². The van der Waals surface area contributed by atoms with Crippen molar-refractivity contribution in [2.75, 3.05) is 13.2 Å². The highest BCUT2D eigenvalue weighted by Gasteiger charge is 2.15. The van der Waals surface area contributed by atoms with Crippen molar-refractivity contribution in [2.45, 2.75) is 31.2 Å². The summed E-state index contributed by atoms with van der Waals surface area (Å²) in [5.74, 6) is -1.58. The van der Waals surface area contributed by atoms with Crippen LogP contribution in [0.2, 0.25) is 5.02 Å². The second-order valence-electron chi connectivity index (χ2n) is 5.44. The zero-order valence-corrected chi connectivity index (χ0v) is 15.8. The molecule has 0 aliphatic rings. The van der Waals surface area contributed by atoms with Gasteiger partial charge in [0.2, 0.25) is 10.0 Å². The van der Waals surface area contributed by atoms with Crippen molar-refractivity contribution >= 4 is 39.5 Å². The third kappa shape index (κ3) is 8.28. The van der Waals surface area contributed by atoms with Crippen LogP contribution in [0.1, 0.15) is 20.3 Å². The highest BCUT2D eigenvalue weighted by atomic mass is 35.5. The van der Waals surface area contributed by atoms with E-state index in [-0.39, 0.29) is 23.9 Å². The minimum atomic E-state index is -3.78. The lowest BCUT2D eigenvalue weighted by atomic mass is 10.4. The smallest absolute Gasteiger partial charge is 0.321 e. The lowest BCUT2D eigenvalue weighted by Crippen LogP contribution is -2.44. The molecule has 144 valence electrons. The van der Waals surface area contributed by atoms with Gasteiger partial charge in [-0.3, -0.25) is 14.9 Å². The molecule has 0 saturated carbocycles. The maximum Gasteiger partial charge on any atom is 0.321 e. The fraction of sp³-hybridized carbons (Fsp3) is 0.400. The van der Waals surface area contributed by atoms with Gasteiger partial charge in [0.25, 0.3) is 5.91 Å². The first-order chi connectivity index (χ1) is 12.1. The molecule has 3 N–H and O–H groups in total. The number of nitrogens with one attached hydrogen (secondary N) is 3. The summed E-state index contributed by atoms with van der Waals surface area (Å²) in [6.45, 7) is 2.58. The van der Waals surface area contributed by atoms with Crippen LogP contribution in [0.25, 0.3) is 0 Å². The zero-order valence-electron chi connectivity index (χ0n) is 14.2. The van der Waals surface area contributed by atoms with Gasteiger partial charge in [-0.15, -0.1) is 0 Å². The molecule has 0 bridgehead atoms. The van der Waals surface area contributed by atoms with Gasteiger partial charge in [-0.2, -0.15) is 0 Å². The molecule has 26 heavy (non-hydrogen) atoms. The predicted octanol–water partition coefficient (Wildman–Crippen LogP) is 0.786. The van der Waals surface area contributed by atoms with Gasteiger partial charge in [-0.25, -0.2) is 17.9 Å². The van der Waals surface area contributed by atoms with Gasteiger partial charge in [0.1, 0.15) is 0 Å². The Hall–Kier alpha value is -2.17. The molecule has 0 spiro atoms. The van der Waals surface area contributed by atoms with E-state index in [1.165, 1.54) is 24.3 Å². The second kappa shape index (κ2) is 10.1. The third-order valence-corrected chi connectivity index (χ3v) is 4.51. The largest absolute Gasteiger partial charge is 0.456 e. The Kier molecular flexibility index (Phi) is 8.49. The maximum atomic E-state index is 12.0. The predicted molar refractivity (Wildman–Crippen MR) is 94.0 cm³/mol. The summed E-state index contributed by atoms with van der Waals surface area (Å²) in [6.07, 6.45) is -0.279. The first kappa shape index (κ1) is 21.9. The molecule has 3 amide bonds.